The first kappa shape index (κ1) is 18.7. The highest BCUT2D eigenvalue weighted by Crippen LogP contribution is 2.24. The number of aryl methyl sites for hydroxylation is 1. The molecule has 1 unspecified atom stereocenters. The van der Waals surface area contributed by atoms with Gasteiger partial charge in [-0.2, -0.15) is 0 Å². The third kappa shape index (κ3) is 3.93. The van der Waals surface area contributed by atoms with Crippen molar-refractivity contribution in [1.29, 1.82) is 0 Å². The maximum absolute atomic E-state index is 13.4. The molecule has 0 spiro atoms. The number of carbonyl (C=O) groups is 1. The van der Waals surface area contributed by atoms with Crippen molar-refractivity contribution >= 4 is 11.6 Å². The molecule has 0 saturated carbocycles. The van der Waals surface area contributed by atoms with Crippen LogP contribution in [0.5, 0.6) is 0 Å². The van der Waals surface area contributed by atoms with Gasteiger partial charge in [0.05, 0.1) is 11.3 Å². The minimum Gasteiger partial charge on any atom is -0.315 e. The van der Waals surface area contributed by atoms with E-state index >= 15 is 0 Å². The second kappa shape index (κ2) is 8.12. The molecule has 1 fully saturated rings. The fraction of sp³-hybridized carbons (Fsp3) is 0.364. The van der Waals surface area contributed by atoms with E-state index in [1.807, 2.05) is 65.5 Å². The molecule has 0 aliphatic carbocycles. The summed E-state index contributed by atoms with van der Waals surface area (Å²) in [5, 5.41) is 1.98. The summed E-state index contributed by atoms with van der Waals surface area (Å²) in [6, 6.07) is 14.1. The summed E-state index contributed by atoms with van der Waals surface area (Å²) in [4.78, 5) is 22.1. The van der Waals surface area contributed by atoms with Crippen LogP contribution in [0.2, 0.25) is 0 Å². The van der Waals surface area contributed by atoms with Crippen molar-refractivity contribution in [3.8, 4) is 0 Å². The molecule has 2 aliphatic heterocycles. The summed E-state index contributed by atoms with van der Waals surface area (Å²) in [5.41, 5.74) is 6.07. The minimum atomic E-state index is -0.178. The first-order valence-electron chi connectivity index (χ1n) is 9.84. The average molecular weight is 377 g/mol. The predicted molar refractivity (Wildman–Crippen MR) is 111 cm³/mol. The van der Waals surface area contributed by atoms with Crippen molar-refractivity contribution in [2.45, 2.75) is 32.0 Å². The van der Waals surface area contributed by atoms with Crippen LogP contribution in [0.1, 0.15) is 28.9 Å². The molecule has 0 bridgehead atoms. The number of nitrogens with one attached hydrogen (secondary N) is 1. The zero-order valence-electron chi connectivity index (χ0n) is 16.5. The van der Waals surface area contributed by atoms with Crippen LogP contribution in [0, 0.1) is 6.92 Å². The van der Waals surface area contributed by atoms with Gasteiger partial charge < -0.3 is 9.80 Å². The second-order valence-corrected chi connectivity index (χ2v) is 7.56. The first-order chi connectivity index (χ1) is 13.6. The van der Waals surface area contributed by atoms with Crippen LogP contribution in [0.3, 0.4) is 0 Å². The molecule has 1 aromatic heterocycles. The Bertz CT molecular complexity index is 828. The first-order valence-corrected chi connectivity index (χ1v) is 9.84. The molecule has 0 radical (unpaired) electrons. The lowest BCUT2D eigenvalue weighted by Crippen LogP contribution is -2.56. The van der Waals surface area contributed by atoms with Crippen LogP contribution in [-0.4, -0.2) is 53.0 Å². The predicted octanol–water partition coefficient (Wildman–Crippen LogP) is 2.79. The van der Waals surface area contributed by atoms with Crippen LogP contribution in [0.15, 0.2) is 60.9 Å². The minimum absolute atomic E-state index is 0.0270. The van der Waals surface area contributed by atoms with Crippen molar-refractivity contribution in [3.05, 3.63) is 72.2 Å². The van der Waals surface area contributed by atoms with E-state index in [9.17, 15) is 4.79 Å². The Morgan fingerprint density at radius 3 is 2.57 bits per heavy atom. The highest BCUT2D eigenvalue weighted by molar-refractivity contribution is 5.94. The molecule has 1 amide bonds. The third-order valence-corrected chi connectivity index (χ3v) is 5.50. The van der Waals surface area contributed by atoms with E-state index in [-0.39, 0.29) is 18.1 Å². The third-order valence-electron chi connectivity index (χ3n) is 5.50. The average Bonchev–Trinajstić information content (AvgIpc) is 3.20. The Kier molecular flexibility index (Phi) is 5.41. The number of hydrogen-bond donors (Lipinski definition) is 1. The SMILES string of the molecule is Cc1ccc(C(=O)N(C2CCN(C)CC2)C2C=CN(c3ccccc3)N2)cn1. The van der Waals surface area contributed by atoms with E-state index in [1.165, 1.54) is 0 Å². The Balaban J connectivity index is 1.57. The van der Waals surface area contributed by atoms with E-state index in [0.717, 1.165) is 37.3 Å². The molecule has 1 atom stereocenters. The molecule has 1 saturated heterocycles. The van der Waals surface area contributed by atoms with Gasteiger partial charge in [0.15, 0.2) is 0 Å². The lowest BCUT2D eigenvalue weighted by atomic mass is 10.0. The van der Waals surface area contributed by atoms with Crippen LogP contribution in [-0.2, 0) is 0 Å². The smallest absolute Gasteiger partial charge is 0.257 e. The number of pyridine rings is 1. The van der Waals surface area contributed by atoms with Gasteiger partial charge >= 0.3 is 0 Å². The Morgan fingerprint density at radius 2 is 1.89 bits per heavy atom. The molecule has 28 heavy (non-hydrogen) atoms. The lowest BCUT2D eigenvalue weighted by molar-refractivity contribution is 0.0486. The molecule has 2 aliphatic rings. The second-order valence-electron chi connectivity index (χ2n) is 7.56. The maximum Gasteiger partial charge on any atom is 0.257 e. The molecular formula is C22H27N5O. The van der Waals surface area contributed by atoms with Gasteiger partial charge in [0, 0.05) is 24.1 Å². The number of nitrogens with zero attached hydrogens (tertiary/aromatic N) is 4. The van der Waals surface area contributed by atoms with Gasteiger partial charge in [0.25, 0.3) is 5.91 Å². The van der Waals surface area contributed by atoms with Gasteiger partial charge in [-0.3, -0.25) is 14.8 Å². The summed E-state index contributed by atoms with van der Waals surface area (Å²) in [6.07, 6.45) is 7.51. The Hall–Kier alpha value is -2.70. The number of hydrogen-bond acceptors (Lipinski definition) is 5. The van der Waals surface area contributed by atoms with E-state index < -0.39 is 0 Å². The van der Waals surface area contributed by atoms with Crippen LogP contribution >= 0.6 is 0 Å². The number of anilines is 1. The number of carbonyl (C=O) groups excluding carboxylic acids is 1. The van der Waals surface area contributed by atoms with E-state index in [0.29, 0.717) is 5.56 Å². The van der Waals surface area contributed by atoms with Gasteiger partial charge in [-0.1, -0.05) is 18.2 Å². The molecule has 6 nitrogen and oxygen atoms in total. The zero-order chi connectivity index (χ0) is 19.5. The van der Waals surface area contributed by atoms with Crippen molar-refractivity contribution in [2.75, 3.05) is 25.1 Å². The number of piperidine rings is 1. The number of para-hydroxylation sites is 1. The molecule has 1 aromatic carbocycles. The molecule has 3 heterocycles. The van der Waals surface area contributed by atoms with Crippen LogP contribution in [0.25, 0.3) is 0 Å². The highest BCUT2D eigenvalue weighted by Gasteiger charge is 2.34. The Labute approximate surface area is 166 Å². The number of rotatable bonds is 4. The van der Waals surface area contributed by atoms with Gasteiger partial charge in [-0.15, -0.1) is 0 Å². The Morgan fingerprint density at radius 1 is 1.14 bits per heavy atom. The molecular weight excluding hydrogens is 350 g/mol. The molecule has 2 aromatic rings. The highest BCUT2D eigenvalue weighted by atomic mass is 16.2. The number of benzene rings is 1. The van der Waals surface area contributed by atoms with Crippen LogP contribution in [0.4, 0.5) is 5.69 Å². The molecule has 1 N–H and O–H groups in total. The summed E-state index contributed by atoms with van der Waals surface area (Å²) in [7, 11) is 2.14. The largest absolute Gasteiger partial charge is 0.315 e. The van der Waals surface area contributed by atoms with Crippen molar-refractivity contribution in [2.24, 2.45) is 0 Å². The fourth-order valence-electron chi connectivity index (χ4n) is 3.84. The molecule has 6 heteroatoms. The van der Waals surface area contributed by atoms with Crippen molar-refractivity contribution in [3.63, 3.8) is 0 Å². The van der Waals surface area contributed by atoms with Crippen molar-refractivity contribution < 1.29 is 4.79 Å². The number of likely N-dealkylation sites (tertiary alicyclic amines) is 1. The summed E-state index contributed by atoms with van der Waals surface area (Å²) < 4.78 is 0. The number of amides is 1. The standard InChI is InChI=1S/C22H27N5O/c1-17-8-9-18(16-23-17)22(28)27(20-10-13-25(2)14-11-20)21-12-15-26(24-21)19-6-4-3-5-7-19/h3-9,12,15-16,20-21,24H,10-11,13-14H2,1-2H3. The van der Waals surface area contributed by atoms with E-state index in [2.05, 4.69) is 28.4 Å². The van der Waals surface area contributed by atoms with Gasteiger partial charge in [0.2, 0.25) is 0 Å². The fourth-order valence-corrected chi connectivity index (χ4v) is 3.84. The van der Waals surface area contributed by atoms with E-state index in [1.54, 1.807) is 6.20 Å². The van der Waals surface area contributed by atoms with Crippen molar-refractivity contribution in [1.82, 2.24) is 20.2 Å². The number of hydrazine groups is 1. The van der Waals surface area contributed by atoms with E-state index in [4.69, 9.17) is 0 Å². The summed E-state index contributed by atoms with van der Waals surface area (Å²) in [6.45, 7) is 3.93. The zero-order valence-corrected chi connectivity index (χ0v) is 16.5. The maximum atomic E-state index is 13.4. The summed E-state index contributed by atoms with van der Waals surface area (Å²) >= 11 is 0. The lowest BCUT2D eigenvalue weighted by Gasteiger charge is -2.40. The molecule has 146 valence electrons. The molecule has 4 rings (SSSR count). The quantitative estimate of drug-likeness (QED) is 0.888. The topological polar surface area (TPSA) is 51.7 Å². The normalized spacial score (nSPS) is 20.5. The number of aromatic nitrogens is 1. The van der Waals surface area contributed by atoms with Crippen LogP contribution < -0.4 is 10.4 Å². The summed E-state index contributed by atoms with van der Waals surface area (Å²) in [5.74, 6) is 0.0270. The monoisotopic (exact) mass is 377 g/mol. The van der Waals surface area contributed by atoms with Gasteiger partial charge in [-0.05, 0) is 70.2 Å². The van der Waals surface area contributed by atoms with Gasteiger partial charge in [0.1, 0.15) is 6.17 Å². The van der Waals surface area contributed by atoms with Gasteiger partial charge in [-0.25, -0.2) is 5.43 Å².